The first kappa shape index (κ1) is 12.2. The lowest BCUT2D eigenvalue weighted by molar-refractivity contribution is 0.0698. The summed E-state index contributed by atoms with van der Waals surface area (Å²) in [5.41, 5.74) is 1.67. The maximum Gasteiger partial charge on any atom is 0.338 e. The summed E-state index contributed by atoms with van der Waals surface area (Å²) < 4.78 is 5.28. The fourth-order valence-electron chi connectivity index (χ4n) is 2.06. The number of nitrogens with one attached hydrogen (secondary N) is 1. The Morgan fingerprint density at radius 1 is 1.30 bits per heavy atom. The molecule has 6 nitrogen and oxygen atoms in total. The molecular weight excluding hydrogens is 258 g/mol. The zero-order valence-corrected chi connectivity index (χ0v) is 10.6. The summed E-state index contributed by atoms with van der Waals surface area (Å²) in [5.74, 6) is 0.162. The van der Waals surface area contributed by atoms with Gasteiger partial charge in [-0.2, -0.15) is 0 Å². The number of aromatic amines is 1. The van der Waals surface area contributed by atoms with E-state index in [0.29, 0.717) is 22.7 Å². The molecule has 0 aliphatic rings. The van der Waals surface area contributed by atoms with E-state index in [9.17, 15) is 4.79 Å². The Hall–Kier alpha value is -2.89. The number of carboxylic acid groups (broad SMARTS) is 1. The molecule has 0 aliphatic carbocycles. The summed E-state index contributed by atoms with van der Waals surface area (Å²) in [6.07, 6.45) is 1.43. The Labute approximate surface area is 114 Å². The average molecular weight is 269 g/mol. The summed E-state index contributed by atoms with van der Waals surface area (Å²) >= 11 is 0. The molecule has 0 spiro atoms. The van der Waals surface area contributed by atoms with Gasteiger partial charge in [0.05, 0.1) is 23.8 Å². The Bertz CT molecular complexity index is 795. The summed E-state index contributed by atoms with van der Waals surface area (Å²) in [4.78, 5) is 22.6. The molecular formula is C14H11N3O3. The van der Waals surface area contributed by atoms with Gasteiger partial charge in [-0.3, -0.25) is 0 Å². The highest BCUT2D eigenvalue weighted by Gasteiger charge is 2.15. The van der Waals surface area contributed by atoms with Crippen molar-refractivity contribution < 1.29 is 14.6 Å². The largest absolute Gasteiger partial charge is 0.496 e. The summed E-state index contributed by atoms with van der Waals surface area (Å²) in [7, 11) is 1.57. The minimum Gasteiger partial charge on any atom is -0.496 e. The van der Waals surface area contributed by atoms with Crippen LogP contribution in [0.2, 0.25) is 0 Å². The van der Waals surface area contributed by atoms with Crippen LogP contribution in [0.25, 0.3) is 22.6 Å². The molecule has 0 bridgehead atoms. The van der Waals surface area contributed by atoms with Crippen LogP contribution in [-0.2, 0) is 0 Å². The van der Waals surface area contributed by atoms with Crippen LogP contribution >= 0.6 is 0 Å². The van der Waals surface area contributed by atoms with Crippen molar-refractivity contribution in [2.24, 2.45) is 0 Å². The number of rotatable bonds is 3. The van der Waals surface area contributed by atoms with Crippen molar-refractivity contribution in [2.45, 2.75) is 0 Å². The van der Waals surface area contributed by atoms with Crippen LogP contribution in [0.15, 0.2) is 36.5 Å². The maximum absolute atomic E-state index is 11.2. The average Bonchev–Trinajstić information content (AvgIpc) is 2.90. The van der Waals surface area contributed by atoms with Gasteiger partial charge in [0.25, 0.3) is 0 Å². The van der Waals surface area contributed by atoms with E-state index in [1.807, 2.05) is 24.3 Å². The smallest absolute Gasteiger partial charge is 0.338 e. The van der Waals surface area contributed by atoms with Gasteiger partial charge < -0.3 is 14.8 Å². The molecule has 2 N–H and O–H groups in total. The first-order valence-electron chi connectivity index (χ1n) is 5.92. The monoisotopic (exact) mass is 269 g/mol. The lowest BCUT2D eigenvalue weighted by Crippen LogP contribution is -1.97. The van der Waals surface area contributed by atoms with E-state index in [4.69, 9.17) is 9.84 Å². The Morgan fingerprint density at radius 2 is 2.10 bits per heavy atom. The molecule has 0 fully saturated rings. The number of fused-ring (bicyclic) bond motifs is 1. The molecule has 6 heteroatoms. The third-order valence-electron chi connectivity index (χ3n) is 2.98. The van der Waals surface area contributed by atoms with Gasteiger partial charge in [-0.25, -0.2) is 14.8 Å². The van der Waals surface area contributed by atoms with E-state index < -0.39 is 5.97 Å². The zero-order valence-electron chi connectivity index (χ0n) is 10.6. The predicted octanol–water partition coefficient (Wildman–Crippen LogP) is 2.33. The Balaban J connectivity index is 2.23. The summed E-state index contributed by atoms with van der Waals surface area (Å²) in [5, 5.41) is 9.16. The Morgan fingerprint density at radius 3 is 2.85 bits per heavy atom. The fraction of sp³-hybridized carbons (Fsp3) is 0.0714. The van der Waals surface area contributed by atoms with E-state index >= 15 is 0 Å². The van der Waals surface area contributed by atoms with Crippen molar-refractivity contribution in [3.05, 3.63) is 42.1 Å². The molecule has 0 aliphatic heterocycles. The molecule has 0 radical (unpaired) electrons. The number of carboxylic acids is 1. The van der Waals surface area contributed by atoms with E-state index in [1.54, 1.807) is 7.11 Å². The summed E-state index contributed by atoms with van der Waals surface area (Å²) in [6.45, 7) is 0. The molecule has 0 atom stereocenters. The van der Waals surface area contributed by atoms with Crippen molar-refractivity contribution in [3.63, 3.8) is 0 Å². The molecule has 100 valence electrons. The first-order valence-corrected chi connectivity index (χ1v) is 5.92. The molecule has 3 rings (SSSR count). The van der Waals surface area contributed by atoms with Gasteiger partial charge in [-0.05, 0) is 18.2 Å². The molecule has 0 saturated heterocycles. The van der Waals surface area contributed by atoms with E-state index in [-0.39, 0.29) is 5.56 Å². The van der Waals surface area contributed by atoms with Crippen LogP contribution < -0.4 is 4.74 Å². The summed E-state index contributed by atoms with van der Waals surface area (Å²) in [6, 6.07) is 8.81. The number of para-hydroxylation sites is 1. The number of H-pyrrole nitrogens is 1. The minimum atomic E-state index is -1.02. The van der Waals surface area contributed by atoms with Crippen LogP contribution in [0.4, 0.5) is 0 Å². The highest BCUT2D eigenvalue weighted by molar-refractivity contribution is 6.00. The van der Waals surface area contributed by atoms with Gasteiger partial charge >= 0.3 is 5.97 Å². The number of ether oxygens (including phenoxy) is 1. The van der Waals surface area contributed by atoms with Gasteiger partial charge in [-0.1, -0.05) is 12.1 Å². The highest BCUT2D eigenvalue weighted by Crippen LogP contribution is 2.29. The lowest BCUT2D eigenvalue weighted by atomic mass is 10.2. The molecule has 0 unspecified atom stereocenters. The molecule has 1 aromatic carbocycles. The second kappa shape index (κ2) is 4.65. The number of methoxy groups -OCH3 is 1. The topological polar surface area (TPSA) is 88.1 Å². The number of hydrogen-bond donors (Lipinski definition) is 2. The number of nitrogens with zero attached hydrogens (tertiary/aromatic N) is 2. The standard InChI is InChI=1S/C14H11N3O3/c1-20-10-5-3-2-4-8(10)12-16-11-9(14(18)19)6-7-15-13(11)17-12/h2-7H,1H3,(H,18,19)(H,15,16,17). The SMILES string of the molecule is COc1ccccc1-c1nc2nccc(C(=O)O)c2[nH]1. The second-order valence-corrected chi connectivity index (χ2v) is 4.15. The van der Waals surface area contributed by atoms with Gasteiger partial charge in [0.15, 0.2) is 5.65 Å². The highest BCUT2D eigenvalue weighted by atomic mass is 16.5. The quantitative estimate of drug-likeness (QED) is 0.761. The third-order valence-corrected chi connectivity index (χ3v) is 2.98. The third kappa shape index (κ3) is 1.87. The van der Waals surface area contributed by atoms with Gasteiger partial charge in [0, 0.05) is 6.20 Å². The number of pyridine rings is 1. The molecule has 3 aromatic rings. The number of aromatic nitrogens is 3. The molecule has 0 amide bonds. The van der Waals surface area contributed by atoms with Crippen LogP contribution in [0.1, 0.15) is 10.4 Å². The number of imidazole rings is 1. The fourth-order valence-corrected chi connectivity index (χ4v) is 2.06. The predicted molar refractivity (Wildman–Crippen MR) is 72.8 cm³/mol. The van der Waals surface area contributed by atoms with Crippen molar-refractivity contribution in [3.8, 4) is 17.1 Å². The van der Waals surface area contributed by atoms with Gasteiger partial charge in [0.1, 0.15) is 11.6 Å². The van der Waals surface area contributed by atoms with Crippen LogP contribution in [-0.4, -0.2) is 33.1 Å². The maximum atomic E-state index is 11.2. The lowest BCUT2D eigenvalue weighted by Gasteiger charge is -2.04. The van der Waals surface area contributed by atoms with E-state index in [2.05, 4.69) is 15.0 Å². The van der Waals surface area contributed by atoms with E-state index in [0.717, 1.165) is 5.56 Å². The number of hydrogen-bond acceptors (Lipinski definition) is 4. The van der Waals surface area contributed by atoms with Crippen LogP contribution in [0.5, 0.6) is 5.75 Å². The number of carbonyl (C=O) groups is 1. The van der Waals surface area contributed by atoms with Crippen LogP contribution in [0.3, 0.4) is 0 Å². The van der Waals surface area contributed by atoms with Crippen LogP contribution in [0, 0.1) is 0 Å². The second-order valence-electron chi connectivity index (χ2n) is 4.15. The zero-order chi connectivity index (χ0) is 14.1. The molecule has 20 heavy (non-hydrogen) atoms. The van der Waals surface area contributed by atoms with Crippen molar-refractivity contribution in [1.29, 1.82) is 0 Å². The number of aromatic carboxylic acids is 1. The van der Waals surface area contributed by atoms with Crippen molar-refractivity contribution in [2.75, 3.05) is 7.11 Å². The molecule has 2 heterocycles. The molecule has 0 saturated carbocycles. The molecule has 2 aromatic heterocycles. The van der Waals surface area contributed by atoms with Crippen molar-refractivity contribution >= 4 is 17.1 Å². The first-order chi connectivity index (χ1) is 9.70. The van der Waals surface area contributed by atoms with Gasteiger partial charge in [0.2, 0.25) is 0 Å². The van der Waals surface area contributed by atoms with Gasteiger partial charge in [-0.15, -0.1) is 0 Å². The van der Waals surface area contributed by atoms with E-state index in [1.165, 1.54) is 12.3 Å². The minimum absolute atomic E-state index is 0.142. The number of benzene rings is 1. The van der Waals surface area contributed by atoms with Crippen molar-refractivity contribution in [1.82, 2.24) is 15.0 Å². The Kier molecular flexibility index (Phi) is 2.83. The normalized spacial score (nSPS) is 10.7.